The van der Waals surface area contributed by atoms with E-state index in [-0.39, 0.29) is 23.0 Å². The van der Waals surface area contributed by atoms with Crippen LogP contribution in [0.25, 0.3) is 0 Å². The quantitative estimate of drug-likeness (QED) is 0.426. The molecular formula is C28H25ClN2O2. The first-order valence-corrected chi connectivity index (χ1v) is 11.5. The molecule has 166 valence electrons. The van der Waals surface area contributed by atoms with E-state index in [1.54, 1.807) is 0 Å². The third-order valence-electron chi connectivity index (χ3n) is 6.32. The molecule has 1 atom stereocenters. The highest BCUT2D eigenvalue weighted by atomic mass is 35.5. The van der Waals surface area contributed by atoms with Gasteiger partial charge in [0.1, 0.15) is 0 Å². The maximum Gasteiger partial charge on any atom is 0.193 e. The zero-order chi connectivity index (χ0) is 23.2. The Labute approximate surface area is 198 Å². The summed E-state index contributed by atoms with van der Waals surface area (Å²) in [6.45, 7) is 4.24. The van der Waals surface area contributed by atoms with Gasteiger partial charge in [0.2, 0.25) is 0 Å². The van der Waals surface area contributed by atoms with Crippen LogP contribution in [0.2, 0.25) is 5.02 Å². The minimum Gasteiger partial charge on any atom is -0.372 e. The average Bonchev–Trinajstić information content (AvgIpc) is 2.95. The Bertz CT molecular complexity index is 1280. The number of carbonyl (C=O) groups excluding carboxylic acids is 2. The van der Waals surface area contributed by atoms with Crippen LogP contribution in [0.15, 0.2) is 84.1 Å². The Morgan fingerprint density at radius 1 is 0.909 bits per heavy atom. The van der Waals surface area contributed by atoms with Gasteiger partial charge in [-0.3, -0.25) is 9.59 Å². The lowest BCUT2D eigenvalue weighted by Crippen LogP contribution is -2.31. The molecule has 3 aromatic carbocycles. The van der Waals surface area contributed by atoms with Gasteiger partial charge in [0, 0.05) is 33.8 Å². The van der Waals surface area contributed by atoms with Crippen LogP contribution in [-0.4, -0.2) is 11.6 Å². The molecule has 0 bridgehead atoms. The Kier molecular flexibility index (Phi) is 5.34. The zero-order valence-electron chi connectivity index (χ0n) is 18.6. The topological polar surface area (TPSA) is 58.2 Å². The zero-order valence-corrected chi connectivity index (χ0v) is 19.4. The minimum atomic E-state index is -0.336. The number of hydrogen-bond acceptors (Lipinski definition) is 4. The van der Waals surface area contributed by atoms with Gasteiger partial charge in [-0.05, 0) is 47.7 Å². The van der Waals surface area contributed by atoms with Gasteiger partial charge in [-0.1, -0.05) is 67.9 Å². The van der Waals surface area contributed by atoms with Gasteiger partial charge in [0.15, 0.2) is 11.6 Å². The predicted molar refractivity (Wildman–Crippen MR) is 133 cm³/mol. The monoisotopic (exact) mass is 456 g/mol. The Balaban J connectivity index is 1.60. The number of benzene rings is 3. The molecule has 0 aromatic heterocycles. The van der Waals surface area contributed by atoms with Gasteiger partial charge < -0.3 is 10.6 Å². The van der Waals surface area contributed by atoms with Crippen molar-refractivity contribution in [1.29, 1.82) is 0 Å². The van der Waals surface area contributed by atoms with E-state index in [0.717, 1.165) is 34.6 Å². The molecular weight excluding hydrogens is 432 g/mol. The van der Waals surface area contributed by atoms with Crippen LogP contribution in [0.3, 0.4) is 0 Å². The Morgan fingerprint density at radius 3 is 2.36 bits per heavy atom. The molecule has 0 amide bonds. The normalized spacial score (nSPS) is 19.0. The summed E-state index contributed by atoms with van der Waals surface area (Å²) < 4.78 is 0. The molecule has 4 nitrogen and oxygen atoms in total. The standard InChI is InChI=1S/C28H25ClN2O2/c1-28(2)15-23-25(24(32)16-28)26(17-8-11-20(29)12-9-17)31-22-14-19(10-13-21(22)30-23)27(33)18-6-4-3-5-7-18/h3-14,26,30-31H,15-16H2,1-2H3/t26-/m1/s1. The lowest BCUT2D eigenvalue weighted by Gasteiger charge is -2.34. The Morgan fingerprint density at radius 2 is 1.64 bits per heavy atom. The molecule has 1 aliphatic carbocycles. The second kappa shape index (κ2) is 8.20. The number of carbonyl (C=O) groups is 2. The number of halogens is 1. The van der Waals surface area contributed by atoms with Crippen LogP contribution in [0.5, 0.6) is 0 Å². The lowest BCUT2D eigenvalue weighted by atomic mass is 9.73. The van der Waals surface area contributed by atoms with Crippen molar-refractivity contribution in [3.05, 3.63) is 106 Å². The smallest absolute Gasteiger partial charge is 0.193 e. The first-order valence-electron chi connectivity index (χ1n) is 11.1. The maximum atomic E-state index is 13.3. The molecule has 0 radical (unpaired) electrons. The lowest BCUT2D eigenvalue weighted by molar-refractivity contribution is -0.118. The van der Waals surface area contributed by atoms with Crippen molar-refractivity contribution < 1.29 is 9.59 Å². The summed E-state index contributed by atoms with van der Waals surface area (Å²) >= 11 is 6.13. The number of hydrogen-bond donors (Lipinski definition) is 2. The van der Waals surface area contributed by atoms with E-state index in [0.29, 0.717) is 22.6 Å². The molecule has 2 aliphatic rings. The first kappa shape index (κ1) is 21.5. The van der Waals surface area contributed by atoms with E-state index in [2.05, 4.69) is 24.5 Å². The molecule has 5 heteroatoms. The van der Waals surface area contributed by atoms with Crippen molar-refractivity contribution in [3.8, 4) is 0 Å². The molecule has 3 aromatic rings. The van der Waals surface area contributed by atoms with Crippen LogP contribution < -0.4 is 10.6 Å². The highest BCUT2D eigenvalue weighted by Crippen LogP contribution is 2.45. The van der Waals surface area contributed by atoms with Crippen molar-refractivity contribution in [3.63, 3.8) is 0 Å². The summed E-state index contributed by atoms with van der Waals surface area (Å²) in [6, 6.07) is 22.1. The van der Waals surface area contributed by atoms with Gasteiger partial charge >= 0.3 is 0 Å². The fourth-order valence-corrected chi connectivity index (χ4v) is 4.87. The number of rotatable bonds is 3. The summed E-state index contributed by atoms with van der Waals surface area (Å²) in [5.41, 5.74) is 5.40. The van der Waals surface area contributed by atoms with Crippen LogP contribution >= 0.6 is 11.6 Å². The van der Waals surface area contributed by atoms with E-state index < -0.39 is 0 Å². The van der Waals surface area contributed by atoms with Crippen molar-refractivity contribution in [2.45, 2.75) is 32.7 Å². The van der Waals surface area contributed by atoms with Gasteiger partial charge in [-0.25, -0.2) is 0 Å². The number of fused-ring (bicyclic) bond motifs is 1. The van der Waals surface area contributed by atoms with Crippen molar-refractivity contribution in [2.24, 2.45) is 5.41 Å². The molecule has 5 rings (SSSR count). The molecule has 1 aliphatic heterocycles. The number of nitrogens with one attached hydrogen (secondary N) is 2. The second-order valence-corrected chi connectivity index (χ2v) is 9.98. The summed E-state index contributed by atoms with van der Waals surface area (Å²) in [6.07, 6.45) is 1.26. The van der Waals surface area contributed by atoms with E-state index in [4.69, 9.17) is 11.6 Å². The van der Waals surface area contributed by atoms with Crippen LogP contribution in [0.1, 0.15) is 54.2 Å². The van der Waals surface area contributed by atoms with Gasteiger partial charge in [-0.15, -0.1) is 0 Å². The van der Waals surface area contributed by atoms with Gasteiger partial charge in [0.05, 0.1) is 17.4 Å². The summed E-state index contributed by atoms with van der Waals surface area (Å²) in [5, 5.41) is 7.73. The number of Topliss-reactive ketones (excluding diaryl/α,β-unsaturated/α-hetero) is 1. The third-order valence-corrected chi connectivity index (χ3v) is 6.57. The van der Waals surface area contributed by atoms with Crippen molar-refractivity contribution in [2.75, 3.05) is 10.6 Å². The summed E-state index contributed by atoms with van der Waals surface area (Å²) in [4.78, 5) is 26.4. The largest absolute Gasteiger partial charge is 0.372 e. The molecule has 2 N–H and O–H groups in total. The number of anilines is 2. The molecule has 0 saturated carbocycles. The van der Waals surface area contributed by atoms with E-state index in [1.807, 2.05) is 72.8 Å². The van der Waals surface area contributed by atoms with Crippen LogP contribution in [-0.2, 0) is 4.79 Å². The fourth-order valence-electron chi connectivity index (χ4n) is 4.75. The molecule has 33 heavy (non-hydrogen) atoms. The SMILES string of the molecule is CC1(C)CC(=O)C2=C(C1)Nc1ccc(C(=O)c3ccccc3)cc1N[C@@H]2c1ccc(Cl)cc1. The van der Waals surface area contributed by atoms with E-state index in [9.17, 15) is 9.59 Å². The first-order chi connectivity index (χ1) is 15.8. The Hall–Kier alpha value is -3.37. The van der Waals surface area contributed by atoms with Crippen molar-refractivity contribution in [1.82, 2.24) is 0 Å². The maximum absolute atomic E-state index is 13.3. The minimum absolute atomic E-state index is 0.0394. The van der Waals surface area contributed by atoms with Crippen LogP contribution in [0, 0.1) is 5.41 Å². The van der Waals surface area contributed by atoms with Gasteiger partial charge in [0.25, 0.3) is 0 Å². The third kappa shape index (κ3) is 4.19. The molecule has 0 saturated heterocycles. The molecule has 0 fully saturated rings. The van der Waals surface area contributed by atoms with Crippen LogP contribution in [0.4, 0.5) is 11.4 Å². The van der Waals surface area contributed by atoms with E-state index >= 15 is 0 Å². The predicted octanol–water partition coefficient (Wildman–Crippen LogP) is 6.79. The molecule has 0 spiro atoms. The van der Waals surface area contributed by atoms with Crippen molar-refractivity contribution >= 4 is 34.5 Å². The highest BCUT2D eigenvalue weighted by molar-refractivity contribution is 6.30. The molecule has 0 unspecified atom stereocenters. The second-order valence-electron chi connectivity index (χ2n) is 9.54. The summed E-state index contributed by atoms with van der Waals surface area (Å²) in [7, 11) is 0. The van der Waals surface area contributed by atoms with E-state index in [1.165, 1.54) is 0 Å². The average molecular weight is 457 g/mol. The number of allylic oxidation sites excluding steroid dienone is 1. The molecule has 1 heterocycles. The fraction of sp³-hybridized carbons (Fsp3) is 0.214. The number of ketones is 2. The highest BCUT2D eigenvalue weighted by Gasteiger charge is 2.38. The van der Waals surface area contributed by atoms with Gasteiger partial charge in [-0.2, -0.15) is 0 Å². The summed E-state index contributed by atoms with van der Waals surface area (Å²) in [5.74, 6) is 0.0945.